The summed E-state index contributed by atoms with van der Waals surface area (Å²) in [6, 6.07) is 8.03. The second kappa shape index (κ2) is 11.4. The summed E-state index contributed by atoms with van der Waals surface area (Å²) in [5, 5.41) is 10.3. The number of aromatic amines is 1. The molecule has 0 radical (unpaired) electrons. The van der Waals surface area contributed by atoms with E-state index in [9.17, 15) is 10.1 Å². The molecule has 0 atom stereocenters. The fraction of sp³-hybridized carbons (Fsp3) is 0.393. The number of ether oxygens (including phenoxy) is 1. The number of nitrogens with one attached hydrogen (secondary N) is 1. The molecule has 1 aliphatic rings. The second-order valence-electron chi connectivity index (χ2n) is 9.40. The number of hydrogen-bond acceptors (Lipinski definition) is 9. The van der Waals surface area contributed by atoms with Gasteiger partial charge in [-0.3, -0.25) is 4.90 Å². The number of carbonyl (C=O) groups excluding carboxylic acids is 1. The summed E-state index contributed by atoms with van der Waals surface area (Å²) in [6.45, 7) is 8.45. The number of unbranched alkanes of at least 4 members (excludes halogenated alkanes) is 1. The van der Waals surface area contributed by atoms with E-state index in [0.29, 0.717) is 28.7 Å². The average Bonchev–Trinajstić information content (AvgIpc) is 3.54. The van der Waals surface area contributed by atoms with Crippen LogP contribution in [0.3, 0.4) is 0 Å². The normalized spacial score (nSPS) is 14.1. The highest BCUT2D eigenvalue weighted by Crippen LogP contribution is 2.23. The maximum Gasteiger partial charge on any atom is 0.376 e. The Kier molecular flexibility index (Phi) is 7.65. The van der Waals surface area contributed by atoms with Crippen molar-refractivity contribution in [2.45, 2.75) is 33.1 Å². The molecule has 1 N–H and O–H groups in total. The van der Waals surface area contributed by atoms with Crippen LogP contribution in [0.1, 0.15) is 47.1 Å². The van der Waals surface area contributed by atoms with Crippen LogP contribution in [0.15, 0.2) is 41.2 Å². The minimum Gasteiger partial charge on any atom is -0.460 e. The highest BCUT2D eigenvalue weighted by Gasteiger charge is 2.21. The number of H-pyrrole nitrogens is 1. The van der Waals surface area contributed by atoms with Gasteiger partial charge in [0.15, 0.2) is 0 Å². The van der Waals surface area contributed by atoms with Crippen molar-refractivity contribution in [3.8, 4) is 17.5 Å². The van der Waals surface area contributed by atoms with E-state index in [1.54, 1.807) is 26.2 Å². The zero-order chi connectivity index (χ0) is 26.5. The number of carbonyl (C=O) groups is 1. The number of nitrogens with zero attached hydrogens (tertiary/aromatic N) is 6. The lowest BCUT2D eigenvalue weighted by Gasteiger charge is -2.34. The molecule has 0 bridgehead atoms. The summed E-state index contributed by atoms with van der Waals surface area (Å²) < 4.78 is 10.6. The number of rotatable bonds is 9. The molecule has 0 amide bonds. The molecule has 1 saturated heterocycles. The minimum absolute atomic E-state index is 0.108. The SMILES string of the molecule is CCOC(=O)c1oc(-c2cnc(N3CCN(CCCCc4c[nH]c5ccc(C#N)cc45)CC3)nc2)nc1C. The van der Waals surface area contributed by atoms with Gasteiger partial charge in [-0.1, -0.05) is 0 Å². The molecule has 4 aromatic rings. The van der Waals surface area contributed by atoms with Gasteiger partial charge in [-0.15, -0.1) is 0 Å². The number of fused-ring (bicyclic) bond motifs is 1. The van der Waals surface area contributed by atoms with Crippen molar-refractivity contribution in [3.05, 3.63) is 59.4 Å². The Hall–Kier alpha value is -4.23. The largest absolute Gasteiger partial charge is 0.460 e. The fourth-order valence-electron chi connectivity index (χ4n) is 4.78. The number of aryl methyl sites for hydroxylation is 2. The fourth-order valence-corrected chi connectivity index (χ4v) is 4.78. The number of esters is 1. The lowest BCUT2D eigenvalue weighted by molar-refractivity contribution is 0.0490. The van der Waals surface area contributed by atoms with Gasteiger partial charge < -0.3 is 19.0 Å². The monoisotopic (exact) mass is 513 g/mol. The van der Waals surface area contributed by atoms with Gasteiger partial charge in [-0.25, -0.2) is 19.7 Å². The van der Waals surface area contributed by atoms with Crippen molar-refractivity contribution in [1.29, 1.82) is 5.26 Å². The first-order chi connectivity index (χ1) is 18.6. The standard InChI is InChI=1S/C28H31N7O3/c1-3-37-27(36)25-19(2)33-26(38-25)22-17-31-28(32-18-22)35-12-10-34(11-13-35)9-5-4-6-21-16-30-24-8-7-20(15-29)14-23(21)24/h7-8,14,16-18,30H,3-6,9-13H2,1-2H3. The van der Waals surface area contributed by atoms with Crippen LogP contribution < -0.4 is 4.90 Å². The van der Waals surface area contributed by atoms with Crippen LogP contribution in [0.2, 0.25) is 0 Å². The molecule has 1 fully saturated rings. The summed E-state index contributed by atoms with van der Waals surface area (Å²) in [4.78, 5) is 33.3. The average molecular weight is 514 g/mol. The number of anilines is 1. The van der Waals surface area contributed by atoms with Crippen molar-refractivity contribution in [3.63, 3.8) is 0 Å². The van der Waals surface area contributed by atoms with E-state index < -0.39 is 5.97 Å². The lowest BCUT2D eigenvalue weighted by Crippen LogP contribution is -2.47. The zero-order valence-electron chi connectivity index (χ0n) is 21.7. The first-order valence-electron chi connectivity index (χ1n) is 13.0. The number of nitriles is 1. The molecular weight excluding hydrogens is 482 g/mol. The van der Waals surface area contributed by atoms with Gasteiger partial charge in [0.25, 0.3) is 0 Å². The van der Waals surface area contributed by atoms with Gasteiger partial charge in [0.2, 0.25) is 17.6 Å². The van der Waals surface area contributed by atoms with Crippen molar-refractivity contribution in [2.24, 2.45) is 0 Å². The van der Waals surface area contributed by atoms with E-state index >= 15 is 0 Å². The van der Waals surface area contributed by atoms with Crippen molar-refractivity contribution >= 4 is 22.8 Å². The van der Waals surface area contributed by atoms with Crippen molar-refractivity contribution < 1.29 is 13.9 Å². The van der Waals surface area contributed by atoms with Crippen LogP contribution in [0.25, 0.3) is 22.4 Å². The highest BCUT2D eigenvalue weighted by molar-refractivity contribution is 5.88. The smallest absolute Gasteiger partial charge is 0.376 e. The maximum atomic E-state index is 12.0. The van der Waals surface area contributed by atoms with E-state index in [4.69, 9.17) is 9.15 Å². The first-order valence-corrected chi connectivity index (χ1v) is 13.0. The third-order valence-corrected chi connectivity index (χ3v) is 6.86. The molecule has 38 heavy (non-hydrogen) atoms. The molecule has 0 saturated carbocycles. The first kappa shape index (κ1) is 25.4. The summed E-state index contributed by atoms with van der Waals surface area (Å²) >= 11 is 0. The molecule has 1 aliphatic heterocycles. The van der Waals surface area contributed by atoms with E-state index in [0.717, 1.165) is 62.9 Å². The third kappa shape index (κ3) is 5.53. The topological polar surface area (TPSA) is 124 Å². The summed E-state index contributed by atoms with van der Waals surface area (Å²) in [6.07, 6.45) is 8.66. The Morgan fingerprint density at radius 1 is 1.18 bits per heavy atom. The molecule has 5 rings (SSSR count). The summed E-state index contributed by atoms with van der Waals surface area (Å²) in [5.41, 5.74) is 4.16. The van der Waals surface area contributed by atoms with Gasteiger partial charge in [-0.2, -0.15) is 5.26 Å². The van der Waals surface area contributed by atoms with Crippen LogP contribution in [0.4, 0.5) is 5.95 Å². The van der Waals surface area contributed by atoms with Gasteiger partial charge in [-0.05, 0) is 63.4 Å². The molecule has 3 aromatic heterocycles. The number of oxazole rings is 1. The third-order valence-electron chi connectivity index (χ3n) is 6.86. The van der Waals surface area contributed by atoms with Crippen LogP contribution in [0.5, 0.6) is 0 Å². The Balaban J connectivity index is 1.08. The maximum absolute atomic E-state index is 12.0. The molecular formula is C28H31N7O3. The summed E-state index contributed by atoms with van der Waals surface area (Å²) in [7, 11) is 0. The molecule has 0 spiro atoms. The Morgan fingerprint density at radius 2 is 1.97 bits per heavy atom. The number of aromatic nitrogens is 4. The predicted octanol–water partition coefficient (Wildman–Crippen LogP) is 4.11. The quantitative estimate of drug-likeness (QED) is 0.260. The molecule has 0 aliphatic carbocycles. The second-order valence-corrected chi connectivity index (χ2v) is 9.40. The minimum atomic E-state index is -0.522. The molecule has 10 heteroatoms. The predicted molar refractivity (Wildman–Crippen MR) is 143 cm³/mol. The van der Waals surface area contributed by atoms with Gasteiger partial charge >= 0.3 is 5.97 Å². The lowest BCUT2D eigenvalue weighted by atomic mass is 10.1. The van der Waals surface area contributed by atoms with Gasteiger partial charge in [0.1, 0.15) is 0 Å². The molecule has 10 nitrogen and oxygen atoms in total. The Morgan fingerprint density at radius 3 is 2.71 bits per heavy atom. The number of piperazine rings is 1. The van der Waals surface area contributed by atoms with E-state index in [2.05, 4.69) is 42.0 Å². The molecule has 196 valence electrons. The number of benzene rings is 1. The molecule has 1 aromatic carbocycles. The van der Waals surface area contributed by atoms with Gasteiger partial charge in [0.05, 0.1) is 29.5 Å². The summed E-state index contributed by atoms with van der Waals surface area (Å²) in [5.74, 6) is 0.571. The van der Waals surface area contributed by atoms with E-state index in [1.807, 2.05) is 18.2 Å². The van der Waals surface area contributed by atoms with Crippen LogP contribution in [-0.2, 0) is 11.2 Å². The van der Waals surface area contributed by atoms with E-state index in [1.165, 1.54) is 5.56 Å². The van der Waals surface area contributed by atoms with E-state index in [-0.39, 0.29) is 12.4 Å². The molecule has 4 heterocycles. The van der Waals surface area contributed by atoms with Gasteiger partial charge in [0, 0.05) is 55.7 Å². The van der Waals surface area contributed by atoms with Crippen LogP contribution in [-0.4, -0.2) is 70.1 Å². The van der Waals surface area contributed by atoms with Crippen molar-refractivity contribution in [2.75, 3.05) is 44.2 Å². The van der Waals surface area contributed by atoms with Crippen LogP contribution >= 0.6 is 0 Å². The Bertz CT molecular complexity index is 1440. The van der Waals surface area contributed by atoms with Crippen molar-refractivity contribution in [1.82, 2.24) is 24.8 Å². The van der Waals surface area contributed by atoms with Crippen LogP contribution in [0, 0.1) is 18.3 Å². The Labute approximate surface area is 221 Å². The zero-order valence-corrected chi connectivity index (χ0v) is 21.7. The number of hydrogen-bond donors (Lipinski definition) is 1. The highest BCUT2D eigenvalue weighted by atomic mass is 16.5. The molecule has 0 unspecified atom stereocenters.